The number of carbonyl (C=O) groups is 1. The highest BCUT2D eigenvalue weighted by Crippen LogP contribution is 2.20. The molecule has 1 aromatic heterocycles. The summed E-state index contributed by atoms with van der Waals surface area (Å²) in [4.78, 5) is 15.4. The number of benzene rings is 1. The van der Waals surface area contributed by atoms with Crippen molar-refractivity contribution in [1.29, 1.82) is 0 Å². The second kappa shape index (κ2) is 5.56. The van der Waals surface area contributed by atoms with Crippen molar-refractivity contribution in [2.24, 2.45) is 0 Å². The highest BCUT2D eigenvalue weighted by atomic mass is 16.5. The summed E-state index contributed by atoms with van der Waals surface area (Å²) in [5, 5.41) is 9.84. The summed E-state index contributed by atoms with van der Waals surface area (Å²) in [6.07, 6.45) is 2.56. The lowest BCUT2D eigenvalue weighted by molar-refractivity contribution is 0.0318. The monoisotopic (exact) mass is 273 g/mol. The van der Waals surface area contributed by atoms with Crippen molar-refractivity contribution in [3.05, 3.63) is 41.6 Å². The van der Waals surface area contributed by atoms with E-state index < -0.39 is 5.97 Å². The Balaban J connectivity index is 1.85. The Bertz CT molecular complexity index is 635. The summed E-state index contributed by atoms with van der Waals surface area (Å²) in [7, 11) is 0. The fraction of sp³-hybridized carbons (Fsp3) is 0.333. The van der Waals surface area contributed by atoms with Gasteiger partial charge in [-0.05, 0) is 30.2 Å². The quantitative estimate of drug-likeness (QED) is 0.925. The average molecular weight is 273 g/mol. The van der Waals surface area contributed by atoms with Crippen LogP contribution >= 0.6 is 0 Å². The highest BCUT2D eigenvalue weighted by molar-refractivity contribution is 6.02. The van der Waals surface area contributed by atoms with Crippen molar-refractivity contribution in [3.8, 4) is 0 Å². The van der Waals surface area contributed by atoms with Crippen LogP contribution in [0.5, 0.6) is 0 Å². The van der Waals surface area contributed by atoms with E-state index in [0.29, 0.717) is 24.1 Å². The van der Waals surface area contributed by atoms with Gasteiger partial charge in [0.25, 0.3) is 0 Å². The fourth-order valence-corrected chi connectivity index (χ4v) is 2.33. The molecule has 5 nitrogen and oxygen atoms in total. The maximum absolute atomic E-state index is 11.2. The third-order valence-electron chi connectivity index (χ3n) is 3.41. The van der Waals surface area contributed by atoms with Crippen molar-refractivity contribution in [2.45, 2.75) is 19.1 Å². The maximum atomic E-state index is 11.2. The van der Waals surface area contributed by atoms with Gasteiger partial charge >= 0.3 is 5.97 Å². The Kier molecular flexibility index (Phi) is 3.62. The summed E-state index contributed by atoms with van der Waals surface area (Å²) < 4.78 is 11.0. The molecule has 1 saturated heterocycles. The van der Waals surface area contributed by atoms with E-state index in [1.54, 1.807) is 0 Å². The van der Waals surface area contributed by atoms with Gasteiger partial charge in [0.1, 0.15) is 0 Å². The van der Waals surface area contributed by atoms with E-state index in [4.69, 9.17) is 9.47 Å². The van der Waals surface area contributed by atoms with Crippen LogP contribution in [0, 0.1) is 0 Å². The third kappa shape index (κ3) is 2.64. The number of carboxylic acid groups (broad SMARTS) is 1. The first-order chi connectivity index (χ1) is 9.74. The first-order valence-electron chi connectivity index (χ1n) is 6.54. The molecule has 1 aromatic carbocycles. The number of aromatic nitrogens is 1. The largest absolute Gasteiger partial charge is 0.478 e. The molecule has 20 heavy (non-hydrogen) atoms. The van der Waals surface area contributed by atoms with E-state index in [1.807, 2.05) is 18.2 Å². The molecule has 0 amide bonds. The Morgan fingerprint density at radius 2 is 2.35 bits per heavy atom. The Morgan fingerprint density at radius 1 is 1.45 bits per heavy atom. The standard InChI is InChI=1S/C15H15NO4/c17-15(18)12-3-5-16-14-2-1-10(7-13(12)14)8-20-11-4-6-19-9-11/h1-3,5,7,11H,4,6,8-9H2,(H,17,18)/t11-/m1/s1. The van der Waals surface area contributed by atoms with Gasteiger partial charge in [0.05, 0.1) is 30.4 Å². The number of hydrogen-bond acceptors (Lipinski definition) is 4. The number of fused-ring (bicyclic) bond motifs is 1. The summed E-state index contributed by atoms with van der Waals surface area (Å²) >= 11 is 0. The van der Waals surface area contributed by atoms with Gasteiger partial charge in [0.2, 0.25) is 0 Å². The van der Waals surface area contributed by atoms with Crippen molar-refractivity contribution >= 4 is 16.9 Å². The van der Waals surface area contributed by atoms with Gasteiger partial charge in [0.15, 0.2) is 0 Å². The van der Waals surface area contributed by atoms with Gasteiger partial charge in [0, 0.05) is 18.2 Å². The van der Waals surface area contributed by atoms with Crippen molar-refractivity contribution in [2.75, 3.05) is 13.2 Å². The third-order valence-corrected chi connectivity index (χ3v) is 3.41. The lowest BCUT2D eigenvalue weighted by Gasteiger charge is -2.10. The van der Waals surface area contributed by atoms with Crippen LogP contribution in [0.3, 0.4) is 0 Å². The zero-order chi connectivity index (χ0) is 13.9. The number of ether oxygens (including phenoxy) is 2. The van der Waals surface area contributed by atoms with Crippen molar-refractivity contribution in [3.63, 3.8) is 0 Å². The smallest absolute Gasteiger partial charge is 0.336 e. The molecule has 3 rings (SSSR count). The minimum absolute atomic E-state index is 0.138. The van der Waals surface area contributed by atoms with Crippen molar-refractivity contribution in [1.82, 2.24) is 4.98 Å². The number of aromatic carboxylic acids is 1. The molecule has 1 atom stereocenters. The molecular weight excluding hydrogens is 258 g/mol. The maximum Gasteiger partial charge on any atom is 0.336 e. The second-order valence-electron chi connectivity index (χ2n) is 4.81. The number of hydrogen-bond donors (Lipinski definition) is 1. The fourth-order valence-electron chi connectivity index (χ4n) is 2.33. The molecule has 0 aliphatic carbocycles. The number of rotatable bonds is 4. The van der Waals surface area contributed by atoms with Gasteiger partial charge in [-0.3, -0.25) is 4.98 Å². The van der Waals surface area contributed by atoms with Crippen LogP contribution in [0.25, 0.3) is 10.9 Å². The minimum Gasteiger partial charge on any atom is -0.478 e. The lowest BCUT2D eigenvalue weighted by Crippen LogP contribution is -2.11. The van der Waals surface area contributed by atoms with E-state index in [9.17, 15) is 9.90 Å². The topological polar surface area (TPSA) is 68.7 Å². The molecule has 2 heterocycles. The second-order valence-corrected chi connectivity index (χ2v) is 4.81. The van der Waals surface area contributed by atoms with Crippen LogP contribution in [0.15, 0.2) is 30.5 Å². The van der Waals surface area contributed by atoms with Crippen molar-refractivity contribution < 1.29 is 19.4 Å². The number of nitrogens with zero attached hydrogens (tertiary/aromatic N) is 1. The van der Waals surface area contributed by atoms with Gasteiger partial charge in [-0.1, -0.05) is 6.07 Å². The zero-order valence-corrected chi connectivity index (χ0v) is 10.9. The molecule has 0 bridgehead atoms. The number of carboxylic acids is 1. The highest BCUT2D eigenvalue weighted by Gasteiger charge is 2.16. The Hall–Kier alpha value is -1.98. The van der Waals surface area contributed by atoms with Crippen LogP contribution in [-0.4, -0.2) is 35.4 Å². The van der Waals surface area contributed by atoms with Crippen LogP contribution < -0.4 is 0 Å². The molecule has 1 aliphatic heterocycles. The van der Waals surface area contributed by atoms with E-state index in [1.165, 1.54) is 12.3 Å². The Morgan fingerprint density at radius 3 is 3.10 bits per heavy atom. The summed E-state index contributed by atoms with van der Waals surface area (Å²) in [6, 6.07) is 7.09. The summed E-state index contributed by atoms with van der Waals surface area (Å²) in [6.45, 7) is 1.84. The molecule has 5 heteroatoms. The summed E-state index contributed by atoms with van der Waals surface area (Å²) in [5.74, 6) is -0.945. The molecule has 2 aromatic rings. The first-order valence-corrected chi connectivity index (χ1v) is 6.54. The Labute approximate surface area is 116 Å². The molecule has 0 saturated carbocycles. The molecule has 1 fully saturated rings. The predicted molar refractivity (Wildman–Crippen MR) is 72.7 cm³/mol. The van der Waals surface area contributed by atoms with Gasteiger partial charge in [-0.2, -0.15) is 0 Å². The predicted octanol–water partition coefficient (Wildman–Crippen LogP) is 2.24. The van der Waals surface area contributed by atoms with E-state index in [0.717, 1.165) is 18.6 Å². The molecule has 1 N–H and O–H groups in total. The minimum atomic E-state index is -0.945. The average Bonchev–Trinajstić information content (AvgIpc) is 2.97. The molecule has 0 unspecified atom stereocenters. The first kappa shape index (κ1) is 13.0. The molecule has 0 radical (unpaired) electrons. The van der Waals surface area contributed by atoms with Gasteiger partial charge in [-0.15, -0.1) is 0 Å². The van der Waals surface area contributed by atoms with Crippen LogP contribution in [0.4, 0.5) is 0 Å². The van der Waals surface area contributed by atoms with Gasteiger partial charge < -0.3 is 14.6 Å². The van der Waals surface area contributed by atoms with E-state index in [2.05, 4.69) is 4.98 Å². The number of pyridine rings is 1. The van der Waals surface area contributed by atoms with E-state index >= 15 is 0 Å². The summed E-state index contributed by atoms with van der Waals surface area (Å²) in [5.41, 5.74) is 1.89. The molecular formula is C15H15NO4. The van der Waals surface area contributed by atoms with E-state index in [-0.39, 0.29) is 11.7 Å². The normalized spacial score (nSPS) is 18.5. The zero-order valence-electron chi connectivity index (χ0n) is 10.9. The van der Waals surface area contributed by atoms with Crippen LogP contribution in [-0.2, 0) is 16.1 Å². The molecule has 104 valence electrons. The van der Waals surface area contributed by atoms with Crippen LogP contribution in [0.1, 0.15) is 22.3 Å². The van der Waals surface area contributed by atoms with Crippen LogP contribution in [0.2, 0.25) is 0 Å². The lowest BCUT2D eigenvalue weighted by atomic mass is 10.1. The SMILES string of the molecule is O=C(O)c1ccnc2ccc(CO[C@@H]3CCOC3)cc12. The van der Waals surface area contributed by atoms with Gasteiger partial charge in [-0.25, -0.2) is 4.79 Å². The molecule has 1 aliphatic rings. The molecule has 0 spiro atoms.